The summed E-state index contributed by atoms with van der Waals surface area (Å²) in [6, 6.07) is 7.51. The van der Waals surface area contributed by atoms with Gasteiger partial charge in [0.1, 0.15) is 17.7 Å². The number of carbonyl (C=O) groups excluding carboxylic acids is 1. The molecule has 0 saturated heterocycles. The van der Waals surface area contributed by atoms with Gasteiger partial charge in [0.05, 0.1) is 5.69 Å². The van der Waals surface area contributed by atoms with E-state index in [2.05, 4.69) is 20.3 Å². The fourth-order valence-corrected chi connectivity index (χ4v) is 3.51. The Hall–Kier alpha value is -3.52. The van der Waals surface area contributed by atoms with E-state index in [1.807, 2.05) is 60.3 Å². The summed E-state index contributed by atoms with van der Waals surface area (Å²) < 4.78 is 7.32. The van der Waals surface area contributed by atoms with E-state index in [9.17, 15) is 4.79 Å². The SMILES string of the molecule is CC(C)c1nc(C=Cc2csc(NC(=O)c3cccn3Cc3ccncc3)n2)co1. The summed E-state index contributed by atoms with van der Waals surface area (Å²) in [4.78, 5) is 25.6. The molecule has 7 nitrogen and oxygen atoms in total. The van der Waals surface area contributed by atoms with Gasteiger partial charge in [-0.3, -0.25) is 15.1 Å². The average Bonchev–Trinajstić information content (AvgIpc) is 3.48. The zero-order valence-corrected chi connectivity index (χ0v) is 17.5. The molecule has 0 aliphatic carbocycles. The predicted octanol–water partition coefficient (Wildman–Crippen LogP) is 4.92. The summed E-state index contributed by atoms with van der Waals surface area (Å²) >= 11 is 1.37. The molecule has 0 fully saturated rings. The summed E-state index contributed by atoms with van der Waals surface area (Å²) in [7, 11) is 0. The molecule has 0 aliphatic heterocycles. The monoisotopic (exact) mass is 419 g/mol. The number of rotatable bonds is 7. The minimum absolute atomic E-state index is 0.197. The van der Waals surface area contributed by atoms with Gasteiger partial charge >= 0.3 is 0 Å². The van der Waals surface area contributed by atoms with Crippen LogP contribution in [0, 0.1) is 0 Å². The van der Waals surface area contributed by atoms with Crippen LogP contribution in [0.5, 0.6) is 0 Å². The maximum absolute atomic E-state index is 12.7. The molecule has 0 radical (unpaired) electrons. The first-order chi connectivity index (χ1) is 14.6. The Morgan fingerprint density at radius 3 is 2.77 bits per heavy atom. The molecular formula is C22H21N5O2S. The number of pyridine rings is 1. The summed E-state index contributed by atoms with van der Waals surface area (Å²) in [5.74, 6) is 0.749. The molecule has 0 aromatic carbocycles. The Kier molecular flexibility index (Phi) is 5.85. The quantitative estimate of drug-likeness (QED) is 0.459. The number of thiazole rings is 1. The summed E-state index contributed by atoms with van der Waals surface area (Å²) in [6.07, 6.45) is 10.7. The lowest BCUT2D eigenvalue weighted by Crippen LogP contribution is -2.17. The number of oxazole rings is 1. The molecule has 0 atom stereocenters. The van der Waals surface area contributed by atoms with Crippen LogP contribution in [0.25, 0.3) is 12.2 Å². The van der Waals surface area contributed by atoms with E-state index in [-0.39, 0.29) is 11.8 Å². The molecule has 0 unspecified atom stereocenters. The smallest absolute Gasteiger partial charge is 0.274 e. The predicted molar refractivity (Wildman–Crippen MR) is 117 cm³/mol. The van der Waals surface area contributed by atoms with E-state index in [1.165, 1.54) is 11.3 Å². The van der Waals surface area contributed by atoms with Crippen LogP contribution in [0.2, 0.25) is 0 Å². The van der Waals surface area contributed by atoms with E-state index in [0.717, 1.165) is 17.0 Å². The van der Waals surface area contributed by atoms with Crippen LogP contribution >= 0.6 is 11.3 Å². The second kappa shape index (κ2) is 8.87. The first-order valence-corrected chi connectivity index (χ1v) is 10.4. The fourth-order valence-electron chi connectivity index (χ4n) is 2.84. The lowest BCUT2D eigenvalue weighted by molar-refractivity contribution is 0.101. The first kappa shape index (κ1) is 19.8. The second-order valence-corrected chi connectivity index (χ2v) is 7.87. The highest BCUT2D eigenvalue weighted by Crippen LogP contribution is 2.20. The van der Waals surface area contributed by atoms with Gasteiger partial charge in [0.2, 0.25) is 0 Å². The zero-order chi connectivity index (χ0) is 20.9. The molecule has 0 spiro atoms. The van der Waals surface area contributed by atoms with E-state index >= 15 is 0 Å². The highest BCUT2D eigenvalue weighted by molar-refractivity contribution is 7.14. The zero-order valence-electron chi connectivity index (χ0n) is 16.6. The van der Waals surface area contributed by atoms with Gasteiger partial charge in [0.25, 0.3) is 5.91 Å². The number of carbonyl (C=O) groups is 1. The molecular weight excluding hydrogens is 398 g/mol. The van der Waals surface area contributed by atoms with Crippen molar-refractivity contribution in [3.63, 3.8) is 0 Å². The Morgan fingerprint density at radius 2 is 2.00 bits per heavy atom. The number of anilines is 1. The Bertz CT molecular complexity index is 1160. The number of nitrogens with one attached hydrogen (secondary N) is 1. The molecule has 1 amide bonds. The number of nitrogens with zero attached hydrogens (tertiary/aromatic N) is 4. The van der Waals surface area contributed by atoms with Gasteiger partial charge in [-0.05, 0) is 42.0 Å². The number of hydrogen-bond acceptors (Lipinski definition) is 6. The van der Waals surface area contributed by atoms with Gasteiger partial charge in [-0.2, -0.15) is 0 Å². The van der Waals surface area contributed by atoms with Crippen molar-refractivity contribution in [1.82, 2.24) is 19.5 Å². The van der Waals surface area contributed by atoms with E-state index in [1.54, 1.807) is 24.7 Å². The minimum Gasteiger partial charge on any atom is -0.448 e. The van der Waals surface area contributed by atoms with Gasteiger partial charge in [-0.25, -0.2) is 9.97 Å². The van der Waals surface area contributed by atoms with Crippen molar-refractivity contribution >= 4 is 34.5 Å². The van der Waals surface area contributed by atoms with Crippen LogP contribution in [0.4, 0.5) is 5.13 Å². The largest absolute Gasteiger partial charge is 0.448 e. The van der Waals surface area contributed by atoms with Crippen molar-refractivity contribution in [3.05, 3.63) is 83.0 Å². The van der Waals surface area contributed by atoms with Gasteiger partial charge in [0, 0.05) is 36.4 Å². The van der Waals surface area contributed by atoms with Crippen molar-refractivity contribution in [2.24, 2.45) is 0 Å². The van der Waals surface area contributed by atoms with Gasteiger partial charge in [-0.15, -0.1) is 11.3 Å². The van der Waals surface area contributed by atoms with Crippen molar-refractivity contribution in [1.29, 1.82) is 0 Å². The second-order valence-electron chi connectivity index (χ2n) is 7.01. The molecule has 4 rings (SSSR count). The molecule has 0 saturated carbocycles. The lowest BCUT2D eigenvalue weighted by Gasteiger charge is -2.08. The third kappa shape index (κ3) is 4.72. The number of aromatic nitrogens is 4. The van der Waals surface area contributed by atoms with Crippen LogP contribution in [0.3, 0.4) is 0 Å². The molecule has 152 valence electrons. The number of hydrogen-bond donors (Lipinski definition) is 1. The molecule has 30 heavy (non-hydrogen) atoms. The molecule has 4 heterocycles. The van der Waals surface area contributed by atoms with Crippen molar-refractivity contribution < 1.29 is 9.21 Å². The van der Waals surface area contributed by atoms with Crippen LogP contribution in [-0.2, 0) is 6.54 Å². The Morgan fingerprint density at radius 1 is 1.20 bits per heavy atom. The van der Waals surface area contributed by atoms with Crippen molar-refractivity contribution in [2.75, 3.05) is 5.32 Å². The normalized spacial score (nSPS) is 11.4. The summed E-state index contributed by atoms with van der Waals surface area (Å²) in [6.45, 7) is 4.66. The van der Waals surface area contributed by atoms with Crippen LogP contribution in [-0.4, -0.2) is 25.4 Å². The Balaban J connectivity index is 1.41. The topological polar surface area (TPSA) is 85.8 Å². The maximum Gasteiger partial charge on any atom is 0.274 e. The summed E-state index contributed by atoms with van der Waals surface area (Å²) in [5.41, 5.74) is 3.14. The standard InChI is InChI=1S/C22H21N5O2S/c1-15(2)21-24-17(13-29-21)5-6-18-14-30-22(25-18)26-20(28)19-4-3-11-27(19)12-16-7-9-23-10-8-16/h3-11,13-15H,12H2,1-2H3,(H,25,26,28). The van der Waals surface area contributed by atoms with E-state index in [0.29, 0.717) is 23.3 Å². The van der Waals surface area contributed by atoms with Gasteiger partial charge in [0.15, 0.2) is 11.0 Å². The molecule has 1 N–H and O–H groups in total. The van der Waals surface area contributed by atoms with E-state index < -0.39 is 0 Å². The fraction of sp³-hybridized carbons (Fsp3) is 0.182. The van der Waals surface area contributed by atoms with Crippen molar-refractivity contribution in [2.45, 2.75) is 26.3 Å². The lowest BCUT2D eigenvalue weighted by atomic mass is 10.2. The molecule has 8 heteroatoms. The maximum atomic E-state index is 12.7. The van der Waals surface area contributed by atoms with Gasteiger partial charge in [-0.1, -0.05) is 13.8 Å². The molecule has 0 bridgehead atoms. The first-order valence-electron chi connectivity index (χ1n) is 9.53. The third-order valence-corrected chi connectivity index (χ3v) is 5.14. The minimum atomic E-state index is -0.197. The van der Waals surface area contributed by atoms with Crippen LogP contribution in [0.1, 0.15) is 53.1 Å². The molecule has 0 aliphatic rings. The highest BCUT2D eigenvalue weighted by atomic mass is 32.1. The number of amides is 1. The highest BCUT2D eigenvalue weighted by Gasteiger charge is 2.13. The van der Waals surface area contributed by atoms with Gasteiger partial charge < -0.3 is 8.98 Å². The van der Waals surface area contributed by atoms with Crippen LogP contribution in [0.15, 0.2) is 58.9 Å². The average molecular weight is 420 g/mol. The van der Waals surface area contributed by atoms with Crippen molar-refractivity contribution in [3.8, 4) is 0 Å². The molecule has 4 aromatic heterocycles. The molecule has 4 aromatic rings. The van der Waals surface area contributed by atoms with E-state index in [4.69, 9.17) is 4.42 Å². The van der Waals surface area contributed by atoms with Crippen LogP contribution < -0.4 is 5.32 Å². The third-order valence-electron chi connectivity index (χ3n) is 4.37. The summed E-state index contributed by atoms with van der Waals surface area (Å²) in [5, 5.41) is 5.30. The Labute approximate surface area is 178 Å².